The molecule has 1 fully saturated rings. The summed E-state index contributed by atoms with van der Waals surface area (Å²) in [6.45, 7) is 5.43. The second-order valence-corrected chi connectivity index (χ2v) is 16.9. The van der Waals surface area contributed by atoms with Crippen LogP contribution in [0.5, 0.6) is 5.75 Å². The number of fused-ring (bicyclic) bond motifs is 6. The summed E-state index contributed by atoms with van der Waals surface area (Å²) in [6.07, 6.45) is 7.71. The van der Waals surface area contributed by atoms with Gasteiger partial charge in [0, 0.05) is 30.1 Å². The number of anilines is 1. The van der Waals surface area contributed by atoms with Crippen molar-refractivity contribution in [2.75, 3.05) is 38.7 Å². The number of hydrogen-bond acceptors (Lipinski definition) is 6. The van der Waals surface area contributed by atoms with Gasteiger partial charge in [-0.05, 0) is 119 Å². The summed E-state index contributed by atoms with van der Waals surface area (Å²) in [5.41, 5.74) is 3.61. The fourth-order valence-corrected chi connectivity index (χ4v) is 10.3. The van der Waals surface area contributed by atoms with Gasteiger partial charge in [-0.1, -0.05) is 36.2 Å². The van der Waals surface area contributed by atoms with Crippen LogP contribution in [0.4, 0.5) is 10.1 Å². The molecule has 7 nitrogen and oxygen atoms in total. The number of nitrogens with zero attached hydrogens (tertiary/aromatic N) is 2. The van der Waals surface area contributed by atoms with Crippen molar-refractivity contribution in [1.29, 1.82) is 0 Å². The van der Waals surface area contributed by atoms with E-state index in [1.807, 2.05) is 13.0 Å². The Hall–Kier alpha value is -2.62. The van der Waals surface area contributed by atoms with Crippen LogP contribution in [0.1, 0.15) is 67.4 Å². The lowest BCUT2D eigenvalue weighted by molar-refractivity contribution is 0.0845. The first-order valence-electron chi connectivity index (χ1n) is 16.3. The molecular weight excluding hydrogens is 613 g/mol. The van der Waals surface area contributed by atoms with E-state index in [9.17, 15) is 13.2 Å². The summed E-state index contributed by atoms with van der Waals surface area (Å²) < 4.78 is 51.2. The molecule has 0 aromatic heterocycles. The number of carbonyl (C=O) groups excluding carboxylic acids is 1. The van der Waals surface area contributed by atoms with Crippen LogP contribution in [-0.4, -0.2) is 64.3 Å². The van der Waals surface area contributed by atoms with Gasteiger partial charge in [0.05, 0.1) is 22.6 Å². The van der Waals surface area contributed by atoms with Crippen molar-refractivity contribution in [3.63, 3.8) is 0 Å². The first-order valence-corrected chi connectivity index (χ1v) is 18.2. The van der Waals surface area contributed by atoms with Crippen LogP contribution in [0, 0.1) is 29.5 Å². The number of sulfonamides is 1. The summed E-state index contributed by atoms with van der Waals surface area (Å²) in [5.74, 6) is 0.587. The van der Waals surface area contributed by atoms with Crippen molar-refractivity contribution >= 4 is 33.2 Å². The van der Waals surface area contributed by atoms with Gasteiger partial charge in [0.1, 0.15) is 11.6 Å². The van der Waals surface area contributed by atoms with Crippen molar-refractivity contribution in [3.8, 4) is 5.75 Å². The van der Waals surface area contributed by atoms with Crippen LogP contribution in [0.3, 0.4) is 0 Å². The van der Waals surface area contributed by atoms with Gasteiger partial charge in [-0.25, -0.2) is 17.5 Å². The zero-order valence-corrected chi connectivity index (χ0v) is 28.1. The minimum Gasteiger partial charge on any atom is -0.490 e. The van der Waals surface area contributed by atoms with E-state index in [2.05, 4.69) is 34.7 Å². The molecule has 3 aliphatic heterocycles. The first kappa shape index (κ1) is 31.0. The van der Waals surface area contributed by atoms with Gasteiger partial charge >= 0.3 is 0 Å². The number of halogens is 2. The van der Waals surface area contributed by atoms with Crippen LogP contribution < -0.4 is 14.4 Å². The molecule has 10 heteroatoms. The first-order chi connectivity index (χ1) is 21.4. The average molecular weight is 656 g/mol. The molecule has 45 heavy (non-hydrogen) atoms. The Morgan fingerprint density at radius 3 is 2.64 bits per heavy atom. The molecule has 8 rings (SSSR count). The van der Waals surface area contributed by atoms with Gasteiger partial charge in [0.15, 0.2) is 0 Å². The van der Waals surface area contributed by atoms with E-state index in [4.69, 9.17) is 16.3 Å². The number of benzene rings is 2. The Labute approximate surface area is 271 Å². The molecule has 1 saturated carbocycles. The highest BCUT2D eigenvalue weighted by molar-refractivity contribution is 7.90. The van der Waals surface area contributed by atoms with E-state index in [1.165, 1.54) is 5.57 Å². The van der Waals surface area contributed by atoms with Crippen LogP contribution in [0.2, 0.25) is 5.02 Å². The Kier molecular flexibility index (Phi) is 7.76. The minimum atomic E-state index is -3.92. The normalized spacial score (nSPS) is 33.9. The lowest BCUT2D eigenvalue weighted by Crippen LogP contribution is -2.53. The summed E-state index contributed by atoms with van der Waals surface area (Å²) in [4.78, 5) is 18.2. The van der Waals surface area contributed by atoms with Crippen molar-refractivity contribution in [2.45, 2.75) is 69.1 Å². The number of ether oxygens (including phenoxy) is 1. The van der Waals surface area contributed by atoms with E-state index < -0.39 is 26.6 Å². The van der Waals surface area contributed by atoms with Crippen molar-refractivity contribution < 1.29 is 22.3 Å². The number of amides is 1. The minimum absolute atomic E-state index is 0.128. The van der Waals surface area contributed by atoms with E-state index in [0.29, 0.717) is 48.8 Å². The van der Waals surface area contributed by atoms with Gasteiger partial charge in [0.25, 0.3) is 5.91 Å². The second-order valence-electron chi connectivity index (χ2n) is 14.4. The lowest BCUT2D eigenvalue weighted by atomic mass is 9.63. The van der Waals surface area contributed by atoms with Crippen LogP contribution in [-0.2, 0) is 21.9 Å². The summed E-state index contributed by atoms with van der Waals surface area (Å²) in [7, 11) is 0.375. The number of hydrogen-bond donors (Lipinski definition) is 1. The Balaban J connectivity index is 1.33. The van der Waals surface area contributed by atoms with Gasteiger partial charge in [-0.3, -0.25) is 4.79 Å². The molecule has 242 valence electrons. The zero-order valence-electron chi connectivity index (χ0n) is 26.5. The van der Waals surface area contributed by atoms with E-state index in [-0.39, 0.29) is 28.2 Å². The molecule has 7 atom stereocenters. The molecular formula is C35H43ClFN3O4S. The molecule has 3 heterocycles. The molecule has 1 amide bonds. The highest BCUT2D eigenvalue weighted by Crippen LogP contribution is 2.50. The highest BCUT2D eigenvalue weighted by Gasteiger charge is 2.47. The van der Waals surface area contributed by atoms with Gasteiger partial charge < -0.3 is 14.5 Å². The molecule has 2 aromatic rings. The number of allylic oxidation sites excluding steroid dienone is 1. The van der Waals surface area contributed by atoms with Crippen molar-refractivity contribution in [3.05, 3.63) is 69.5 Å². The van der Waals surface area contributed by atoms with E-state index in [1.54, 1.807) is 31.2 Å². The Morgan fingerprint density at radius 2 is 1.93 bits per heavy atom. The lowest BCUT2D eigenvalue weighted by Gasteiger charge is -2.50. The number of nitrogens with one attached hydrogen (secondary N) is 1. The van der Waals surface area contributed by atoms with Crippen LogP contribution in [0.15, 0.2) is 42.0 Å². The van der Waals surface area contributed by atoms with Crippen LogP contribution in [0.25, 0.3) is 0 Å². The highest BCUT2D eigenvalue weighted by atomic mass is 35.5. The number of rotatable bonds is 1. The molecule has 4 bridgehead atoms. The van der Waals surface area contributed by atoms with Crippen molar-refractivity contribution in [1.82, 2.24) is 9.62 Å². The summed E-state index contributed by atoms with van der Waals surface area (Å²) >= 11 is 6.23. The van der Waals surface area contributed by atoms with Crippen LogP contribution >= 0.6 is 11.6 Å². The molecule has 3 aliphatic carbocycles. The second kappa shape index (κ2) is 11.3. The fraction of sp³-hybridized carbons (Fsp3) is 0.571. The Bertz CT molecular complexity index is 1680. The molecule has 6 aliphatic rings. The molecule has 1 spiro atoms. The molecule has 0 saturated heterocycles. The quantitative estimate of drug-likeness (QED) is 0.383. The third-order valence-electron chi connectivity index (χ3n) is 11.7. The van der Waals surface area contributed by atoms with E-state index in [0.717, 1.165) is 49.9 Å². The van der Waals surface area contributed by atoms with Gasteiger partial charge in [-0.15, -0.1) is 0 Å². The zero-order chi connectivity index (χ0) is 31.8. The molecule has 0 radical (unpaired) electrons. The average Bonchev–Trinajstić information content (AvgIpc) is 3.11. The number of likely N-dealkylation sites (N-methyl/N-ethyl adjacent to an activating group) is 1. The third-order valence-corrected chi connectivity index (χ3v) is 13.9. The largest absolute Gasteiger partial charge is 0.490 e. The number of carbonyl (C=O) groups is 1. The maximum absolute atomic E-state index is 15.4. The summed E-state index contributed by atoms with van der Waals surface area (Å²) in [5, 5.41) is -0.588. The predicted octanol–water partition coefficient (Wildman–Crippen LogP) is 5.95. The van der Waals surface area contributed by atoms with Crippen molar-refractivity contribution in [2.24, 2.45) is 23.7 Å². The van der Waals surface area contributed by atoms with Gasteiger partial charge in [-0.2, -0.15) is 0 Å². The topological polar surface area (TPSA) is 79.0 Å². The summed E-state index contributed by atoms with van der Waals surface area (Å²) in [6, 6.07) is 9.12. The monoisotopic (exact) mass is 655 g/mol. The molecule has 1 N–H and O–H groups in total. The van der Waals surface area contributed by atoms with E-state index >= 15 is 4.39 Å². The van der Waals surface area contributed by atoms with Gasteiger partial charge in [0.2, 0.25) is 10.0 Å². The molecule has 2 aromatic carbocycles. The maximum atomic E-state index is 15.4. The standard InChI is InChI=1S/C35H43ClFN3O4S/c1-20-21(2)45(42,43)38-34(41)22-8-12-31-30(16-22)40(17-23-7-9-26(23)33(39(3)4)25-14-24(20)15-25)18-35(19-44-31)13-5-6-27-28(35)10-11-29(36)32(27)37/h8,10-12,14,16,20-21,23-24,26,33H,5-7,9,13,15,17-19H2,1-4H3,(H,38,41)/t20-,21-,23+,24+,26-,33?,35+/m1/s1. The Morgan fingerprint density at radius 1 is 1.16 bits per heavy atom. The fourth-order valence-electron chi connectivity index (χ4n) is 8.78. The maximum Gasteiger partial charge on any atom is 0.264 e. The smallest absolute Gasteiger partial charge is 0.264 e. The molecule has 1 unspecified atom stereocenters. The third kappa shape index (κ3) is 5.17. The predicted molar refractivity (Wildman–Crippen MR) is 175 cm³/mol. The SMILES string of the molecule is C[C@@H]1[C@@H](C)S(=O)(=O)NC(=O)c2ccc3c(c2)N(C[C@@H]2CC[C@H]2C(N(C)C)C2=C[C@H]1C2)C[C@@]1(CCCc2c1ccc(Cl)c2F)CO3.